The SMILES string of the molecule is CCOC(=O)c1cccc(N2CCN(C(=O)C(=O)c3cc(-c4ccccc4)[nH]c3C)CC2)c1. The van der Waals surface area contributed by atoms with Crippen molar-refractivity contribution in [2.24, 2.45) is 0 Å². The van der Waals surface area contributed by atoms with Crippen LogP contribution in [0.3, 0.4) is 0 Å². The Morgan fingerprint density at radius 1 is 0.939 bits per heavy atom. The van der Waals surface area contributed by atoms with Gasteiger partial charge in [0.25, 0.3) is 11.7 Å². The van der Waals surface area contributed by atoms with Gasteiger partial charge < -0.3 is 19.5 Å². The number of rotatable bonds is 6. The summed E-state index contributed by atoms with van der Waals surface area (Å²) in [5.41, 5.74) is 4.26. The Bertz CT molecular complexity index is 1160. The number of amides is 1. The standard InChI is InChI=1S/C26H27N3O4/c1-3-33-26(32)20-10-7-11-21(16-20)28-12-14-29(15-13-28)25(31)24(30)22-17-23(27-18(22)2)19-8-5-4-6-9-19/h4-11,16-17,27H,3,12-15H2,1-2H3. The molecule has 1 fully saturated rings. The zero-order valence-electron chi connectivity index (χ0n) is 18.8. The molecule has 0 saturated carbocycles. The lowest BCUT2D eigenvalue weighted by Crippen LogP contribution is -2.50. The smallest absolute Gasteiger partial charge is 0.338 e. The molecule has 2 aromatic carbocycles. The van der Waals surface area contributed by atoms with Gasteiger partial charge in [0.2, 0.25) is 0 Å². The third-order valence-electron chi connectivity index (χ3n) is 5.83. The van der Waals surface area contributed by atoms with Crippen LogP contribution < -0.4 is 4.90 Å². The van der Waals surface area contributed by atoms with E-state index in [1.165, 1.54) is 0 Å². The first-order chi connectivity index (χ1) is 16.0. The molecule has 0 atom stereocenters. The fourth-order valence-electron chi connectivity index (χ4n) is 4.04. The molecule has 0 spiro atoms. The number of Topliss-reactive ketones (excluding diaryl/α,β-unsaturated/α-hetero) is 1. The number of esters is 1. The number of hydrogen-bond acceptors (Lipinski definition) is 5. The van der Waals surface area contributed by atoms with Crippen molar-refractivity contribution in [3.63, 3.8) is 0 Å². The minimum Gasteiger partial charge on any atom is -0.462 e. The number of ketones is 1. The molecule has 7 heteroatoms. The van der Waals surface area contributed by atoms with Crippen LogP contribution in [0.25, 0.3) is 11.3 Å². The number of hydrogen-bond donors (Lipinski definition) is 1. The second kappa shape index (κ2) is 9.73. The van der Waals surface area contributed by atoms with Crippen LogP contribution in [0.4, 0.5) is 5.69 Å². The molecule has 0 bridgehead atoms. The van der Waals surface area contributed by atoms with E-state index in [0.29, 0.717) is 49.6 Å². The van der Waals surface area contributed by atoms with E-state index >= 15 is 0 Å². The Kier molecular flexibility index (Phi) is 6.58. The van der Waals surface area contributed by atoms with Gasteiger partial charge in [-0.15, -0.1) is 0 Å². The maximum Gasteiger partial charge on any atom is 0.338 e. The lowest BCUT2D eigenvalue weighted by molar-refractivity contribution is -0.126. The molecule has 170 valence electrons. The van der Waals surface area contributed by atoms with E-state index in [4.69, 9.17) is 4.74 Å². The van der Waals surface area contributed by atoms with E-state index in [1.54, 1.807) is 36.9 Å². The van der Waals surface area contributed by atoms with Gasteiger partial charge in [0, 0.05) is 48.8 Å². The number of H-pyrrole nitrogens is 1. The Hall–Kier alpha value is -3.87. The zero-order valence-corrected chi connectivity index (χ0v) is 18.8. The number of aromatic amines is 1. The van der Waals surface area contributed by atoms with Gasteiger partial charge >= 0.3 is 5.97 Å². The topological polar surface area (TPSA) is 82.7 Å². The fraction of sp³-hybridized carbons (Fsp3) is 0.269. The average molecular weight is 446 g/mol. The van der Waals surface area contributed by atoms with Crippen molar-refractivity contribution in [1.29, 1.82) is 0 Å². The Morgan fingerprint density at radius 3 is 2.36 bits per heavy atom. The summed E-state index contributed by atoms with van der Waals surface area (Å²) in [6, 6.07) is 18.7. The summed E-state index contributed by atoms with van der Waals surface area (Å²) < 4.78 is 5.08. The molecule has 0 radical (unpaired) electrons. The third-order valence-corrected chi connectivity index (χ3v) is 5.83. The highest BCUT2D eigenvalue weighted by Gasteiger charge is 2.29. The van der Waals surface area contributed by atoms with Crippen LogP contribution in [0.15, 0.2) is 60.7 Å². The Labute approximate surface area is 193 Å². The molecule has 1 saturated heterocycles. The fourth-order valence-corrected chi connectivity index (χ4v) is 4.04. The van der Waals surface area contributed by atoms with Crippen LogP contribution in [0.5, 0.6) is 0 Å². The predicted octanol–water partition coefficient (Wildman–Crippen LogP) is 3.70. The second-order valence-electron chi connectivity index (χ2n) is 7.97. The van der Waals surface area contributed by atoms with Crippen LogP contribution in [0.1, 0.15) is 33.3 Å². The van der Waals surface area contributed by atoms with Crippen LogP contribution >= 0.6 is 0 Å². The quantitative estimate of drug-likeness (QED) is 0.355. The summed E-state index contributed by atoms with van der Waals surface area (Å²) in [6.45, 7) is 5.93. The third kappa shape index (κ3) is 4.82. The minimum absolute atomic E-state index is 0.325. The van der Waals surface area contributed by atoms with Gasteiger partial charge in [-0.1, -0.05) is 36.4 Å². The summed E-state index contributed by atoms with van der Waals surface area (Å²) in [6.07, 6.45) is 0. The van der Waals surface area contributed by atoms with Gasteiger partial charge in [-0.2, -0.15) is 0 Å². The van der Waals surface area contributed by atoms with Crippen molar-refractivity contribution in [3.8, 4) is 11.3 Å². The molecule has 1 aromatic heterocycles. The molecule has 33 heavy (non-hydrogen) atoms. The first-order valence-electron chi connectivity index (χ1n) is 11.1. The molecule has 1 amide bonds. The molecule has 0 unspecified atom stereocenters. The van der Waals surface area contributed by atoms with E-state index in [0.717, 1.165) is 16.9 Å². The van der Waals surface area contributed by atoms with Crippen molar-refractivity contribution in [2.45, 2.75) is 13.8 Å². The van der Waals surface area contributed by atoms with E-state index < -0.39 is 11.7 Å². The van der Waals surface area contributed by atoms with Crippen molar-refractivity contribution in [2.75, 3.05) is 37.7 Å². The number of aromatic nitrogens is 1. The lowest BCUT2D eigenvalue weighted by Gasteiger charge is -2.35. The first-order valence-corrected chi connectivity index (χ1v) is 11.1. The van der Waals surface area contributed by atoms with E-state index in [2.05, 4.69) is 9.88 Å². The summed E-state index contributed by atoms with van der Waals surface area (Å²) in [7, 11) is 0. The molecular formula is C26H27N3O4. The highest BCUT2D eigenvalue weighted by molar-refractivity contribution is 6.43. The molecule has 1 N–H and O–H groups in total. The molecule has 0 aliphatic carbocycles. The average Bonchev–Trinajstić information content (AvgIpc) is 3.25. The van der Waals surface area contributed by atoms with Gasteiger partial charge in [0.05, 0.1) is 12.2 Å². The largest absolute Gasteiger partial charge is 0.462 e. The minimum atomic E-state index is -0.497. The summed E-state index contributed by atoms with van der Waals surface area (Å²) in [5.74, 6) is -1.34. The van der Waals surface area contributed by atoms with Crippen molar-refractivity contribution >= 4 is 23.3 Å². The summed E-state index contributed by atoms with van der Waals surface area (Å²) in [5, 5.41) is 0. The number of carbonyl (C=O) groups is 3. The Balaban J connectivity index is 1.41. The Morgan fingerprint density at radius 2 is 1.67 bits per heavy atom. The number of benzene rings is 2. The number of nitrogens with one attached hydrogen (secondary N) is 1. The van der Waals surface area contributed by atoms with E-state index in [-0.39, 0.29) is 5.97 Å². The van der Waals surface area contributed by atoms with Gasteiger partial charge in [0.1, 0.15) is 0 Å². The van der Waals surface area contributed by atoms with Crippen LogP contribution in [0, 0.1) is 6.92 Å². The zero-order chi connectivity index (χ0) is 23.4. The maximum atomic E-state index is 13.0. The van der Waals surface area contributed by atoms with E-state index in [1.807, 2.05) is 42.5 Å². The number of piperazine rings is 1. The van der Waals surface area contributed by atoms with Crippen LogP contribution in [0.2, 0.25) is 0 Å². The number of nitrogens with zero attached hydrogens (tertiary/aromatic N) is 2. The number of ether oxygens (including phenoxy) is 1. The molecule has 3 aromatic rings. The van der Waals surface area contributed by atoms with Gasteiger partial charge in [-0.05, 0) is 43.7 Å². The first kappa shape index (κ1) is 22.3. The van der Waals surface area contributed by atoms with Gasteiger partial charge in [0.15, 0.2) is 0 Å². The normalized spacial score (nSPS) is 13.6. The van der Waals surface area contributed by atoms with Crippen LogP contribution in [-0.2, 0) is 9.53 Å². The monoisotopic (exact) mass is 445 g/mol. The lowest BCUT2D eigenvalue weighted by atomic mass is 10.1. The molecule has 7 nitrogen and oxygen atoms in total. The number of aryl methyl sites for hydroxylation is 1. The molecule has 1 aliphatic heterocycles. The van der Waals surface area contributed by atoms with E-state index in [9.17, 15) is 14.4 Å². The van der Waals surface area contributed by atoms with Gasteiger partial charge in [-0.3, -0.25) is 9.59 Å². The number of carbonyl (C=O) groups excluding carboxylic acids is 3. The van der Waals surface area contributed by atoms with Crippen molar-refractivity contribution in [1.82, 2.24) is 9.88 Å². The number of anilines is 1. The highest BCUT2D eigenvalue weighted by Crippen LogP contribution is 2.23. The molecule has 4 rings (SSSR count). The van der Waals surface area contributed by atoms with Crippen molar-refractivity contribution in [3.05, 3.63) is 77.5 Å². The molecular weight excluding hydrogens is 418 g/mol. The highest BCUT2D eigenvalue weighted by atomic mass is 16.5. The molecule has 1 aliphatic rings. The predicted molar refractivity (Wildman–Crippen MR) is 126 cm³/mol. The van der Waals surface area contributed by atoms with Crippen LogP contribution in [-0.4, -0.2) is 60.3 Å². The summed E-state index contributed by atoms with van der Waals surface area (Å²) >= 11 is 0. The van der Waals surface area contributed by atoms with Gasteiger partial charge in [-0.25, -0.2) is 4.79 Å². The molecule has 2 heterocycles. The second-order valence-corrected chi connectivity index (χ2v) is 7.97. The summed E-state index contributed by atoms with van der Waals surface area (Å²) in [4.78, 5) is 44.8. The maximum absolute atomic E-state index is 13.0. The van der Waals surface area contributed by atoms with Crippen molar-refractivity contribution < 1.29 is 19.1 Å².